The second kappa shape index (κ2) is 8.15. The Morgan fingerprint density at radius 2 is 1.42 bits per heavy atom. The average Bonchev–Trinajstić information content (AvgIpc) is 2.63. The van der Waals surface area contributed by atoms with Gasteiger partial charge >= 0.3 is 0 Å². The highest BCUT2D eigenvalue weighted by molar-refractivity contribution is 5.23. The summed E-state index contributed by atoms with van der Waals surface area (Å²) in [6.45, 7) is 2.29. The van der Waals surface area contributed by atoms with E-state index in [1.807, 2.05) is 0 Å². The van der Waals surface area contributed by atoms with Crippen LogP contribution in [0.4, 0.5) is 8.78 Å². The van der Waals surface area contributed by atoms with Crippen molar-refractivity contribution in [3.63, 3.8) is 0 Å². The smallest absolute Gasteiger partial charge is 0.159 e. The Morgan fingerprint density at radius 3 is 1.96 bits per heavy atom. The first-order valence-corrected chi connectivity index (χ1v) is 9.61. The Hall–Kier alpha value is -1.36. The van der Waals surface area contributed by atoms with Crippen LogP contribution in [0.2, 0.25) is 0 Å². The lowest BCUT2D eigenvalue weighted by molar-refractivity contribution is 0.309. The van der Waals surface area contributed by atoms with Crippen molar-refractivity contribution in [2.45, 2.75) is 70.6 Å². The SMILES string of the molecule is CC[C@H]1CC[C@H](C#CC2CCC(c3ccc(F)c(F)c3)CC2)CC1. The first-order chi connectivity index (χ1) is 11.7. The highest BCUT2D eigenvalue weighted by Gasteiger charge is 2.23. The number of benzene rings is 1. The zero-order chi connectivity index (χ0) is 16.9. The van der Waals surface area contributed by atoms with Crippen LogP contribution in [-0.2, 0) is 0 Å². The molecular formula is C22H28F2. The Bertz CT molecular complexity index is 594. The van der Waals surface area contributed by atoms with Gasteiger partial charge in [0.2, 0.25) is 0 Å². The summed E-state index contributed by atoms with van der Waals surface area (Å²) in [7, 11) is 0. The van der Waals surface area contributed by atoms with Gasteiger partial charge < -0.3 is 0 Å². The quantitative estimate of drug-likeness (QED) is 0.546. The second-order valence-electron chi connectivity index (χ2n) is 7.64. The molecule has 2 aliphatic rings. The number of halogens is 2. The van der Waals surface area contributed by atoms with Crippen molar-refractivity contribution < 1.29 is 8.78 Å². The first-order valence-electron chi connectivity index (χ1n) is 9.61. The molecule has 2 fully saturated rings. The number of hydrogen-bond acceptors (Lipinski definition) is 0. The average molecular weight is 330 g/mol. The van der Waals surface area contributed by atoms with Crippen molar-refractivity contribution in [3.05, 3.63) is 35.4 Å². The molecule has 1 aromatic rings. The molecule has 0 bridgehead atoms. The Kier molecular flexibility index (Phi) is 5.93. The summed E-state index contributed by atoms with van der Waals surface area (Å²) < 4.78 is 26.5. The van der Waals surface area contributed by atoms with E-state index in [9.17, 15) is 8.78 Å². The summed E-state index contributed by atoms with van der Waals surface area (Å²) in [4.78, 5) is 0. The highest BCUT2D eigenvalue weighted by atomic mass is 19.2. The Morgan fingerprint density at radius 1 is 0.833 bits per heavy atom. The van der Waals surface area contributed by atoms with Crippen LogP contribution in [-0.4, -0.2) is 0 Å². The first kappa shape index (κ1) is 17.5. The molecule has 0 unspecified atom stereocenters. The van der Waals surface area contributed by atoms with Gasteiger partial charge in [0.15, 0.2) is 11.6 Å². The van der Waals surface area contributed by atoms with E-state index in [0.717, 1.165) is 37.2 Å². The third kappa shape index (κ3) is 4.38. The molecule has 0 aliphatic heterocycles. The van der Waals surface area contributed by atoms with Gasteiger partial charge in [0, 0.05) is 11.8 Å². The molecule has 24 heavy (non-hydrogen) atoms. The predicted molar refractivity (Wildman–Crippen MR) is 94.6 cm³/mol. The van der Waals surface area contributed by atoms with E-state index in [-0.39, 0.29) is 0 Å². The molecular weight excluding hydrogens is 302 g/mol. The van der Waals surface area contributed by atoms with Crippen LogP contribution in [0.5, 0.6) is 0 Å². The van der Waals surface area contributed by atoms with Crippen molar-refractivity contribution in [2.24, 2.45) is 17.8 Å². The maximum absolute atomic E-state index is 13.4. The Labute approximate surface area is 145 Å². The van der Waals surface area contributed by atoms with Gasteiger partial charge in [0.25, 0.3) is 0 Å². The van der Waals surface area contributed by atoms with Crippen LogP contribution in [0.3, 0.4) is 0 Å². The minimum absolute atomic E-state index is 0.359. The van der Waals surface area contributed by atoms with Crippen LogP contribution >= 0.6 is 0 Å². The van der Waals surface area contributed by atoms with Crippen molar-refractivity contribution >= 4 is 0 Å². The summed E-state index contributed by atoms with van der Waals surface area (Å²) in [5, 5.41) is 0. The zero-order valence-corrected chi connectivity index (χ0v) is 14.7. The van der Waals surface area contributed by atoms with Crippen LogP contribution in [0.1, 0.15) is 76.2 Å². The maximum atomic E-state index is 13.4. The fourth-order valence-corrected chi connectivity index (χ4v) is 4.29. The molecule has 0 saturated heterocycles. The minimum atomic E-state index is -0.754. The largest absolute Gasteiger partial charge is 0.204 e. The van der Waals surface area contributed by atoms with E-state index >= 15 is 0 Å². The van der Waals surface area contributed by atoms with Crippen molar-refractivity contribution in [1.82, 2.24) is 0 Å². The van der Waals surface area contributed by atoms with E-state index in [0.29, 0.717) is 17.8 Å². The van der Waals surface area contributed by atoms with Crippen molar-refractivity contribution in [3.8, 4) is 11.8 Å². The fourth-order valence-electron chi connectivity index (χ4n) is 4.29. The summed E-state index contributed by atoms with van der Waals surface area (Å²) in [5.74, 6) is 7.99. The van der Waals surface area contributed by atoms with Gasteiger partial charge in [-0.1, -0.05) is 31.3 Å². The third-order valence-corrected chi connectivity index (χ3v) is 6.06. The van der Waals surface area contributed by atoms with E-state index in [1.165, 1.54) is 44.2 Å². The molecule has 0 nitrogen and oxygen atoms in total. The standard InChI is InChI=1S/C22H28F2/c1-2-16-3-5-17(6-4-16)7-8-18-9-11-19(12-10-18)20-13-14-21(23)22(24)15-20/h13-19H,2-6,9-12H2,1H3/t16-,17-,18?,19?. The van der Waals surface area contributed by atoms with Crippen LogP contribution in [0.15, 0.2) is 18.2 Å². The summed E-state index contributed by atoms with van der Waals surface area (Å²) in [6, 6.07) is 4.36. The summed E-state index contributed by atoms with van der Waals surface area (Å²) in [6.07, 6.45) is 10.8. The van der Waals surface area contributed by atoms with Crippen molar-refractivity contribution in [2.75, 3.05) is 0 Å². The van der Waals surface area contributed by atoms with Crippen LogP contribution < -0.4 is 0 Å². The molecule has 0 N–H and O–H groups in total. The highest BCUT2D eigenvalue weighted by Crippen LogP contribution is 2.36. The number of hydrogen-bond donors (Lipinski definition) is 0. The third-order valence-electron chi connectivity index (χ3n) is 6.06. The Balaban J connectivity index is 1.49. The molecule has 0 aromatic heterocycles. The summed E-state index contributed by atoms with van der Waals surface area (Å²) >= 11 is 0. The number of rotatable bonds is 2. The van der Waals surface area contributed by atoms with Gasteiger partial charge in [0.1, 0.15) is 0 Å². The van der Waals surface area contributed by atoms with E-state index in [2.05, 4.69) is 18.8 Å². The van der Waals surface area contributed by atoms with Gasteiger partial charge in [-0.05, 0) is 80.9 Å². The molecule has 2 aliphatic carbocycles. The van der Waals surface area contributed by atoms with E-state index in [4.69, 9.17) is 0 Å². The lowest BCUT2D eigenvalue weighted by Crippen LogP contribution is -2.14. The normalized spacial score (nSPS) is 30.5. The second-order valence-corrected chi connectivity index (χ2v) is 7.64. The van der Waals surface area contributed by atoms with E-state index in [1.54, 1.807) is 6.07 Å². The molecule has 3 rings (SSSR count). The zero-order valence-electron chi connectivity index (χ0n) is 14.7. The lowest BCUT2D eigenvalue weighted by Gasteiger charge is -2.27. The lowest BCUT2D eigenvalue weighted by atomic mass is 9.78. The van der Waals surface area contributed by atoms with Gasteiger partial charge in [-0.3, -0.25) is 0 Å². The maximum Gasteiger partial charge on any atom is 0.159 e. The van der Waals surface area contributed by atoms with Gasteiger partial charge in [-0.15, -0.1) is 0 Å². The van der Waals surface area contributed by atoms with Gasteiger partial charge in [-0.25, -0.2) is 8.78 Å². The van der Waals surface area contributed by atoms with E-state index < -0.39 is 11.6 Å². The van der Waals surface area contributed by atoms with Crippen LogP contribution in [0.25, 0.3) is 0 Å². The molecule has 1 aromatic carbocycles. The molecule has 2 heteroatoms. The molecule has 130 valence electrons. The van der Waals surface area contributed by atoms with Crippen molar-refractivity contribution in [1.29, 1.82) is 0 Å². The van der Waals surface area contributed by atoms with Gasteiger partial charge in [0.05, 0.1) is 0 Å². The van der Waals surface area contributed by atoms with Gasteiger partial charge in [-0.2, -0.15) is 0 Å². The molecule has 2 saturated carbocycles. The summed E-state index contributed by atoms with van der Waals surface area (Å²) in [5.41, 5.74) is 0.943. The molecule has 0 atom stereocenters. The topological polar surface area (TPSA) is 0 Å². The minimum Gasteiger partial charge on any atom is -0.204 e. The monoisotopic (exact) mass is 330 g/mol. The van der Waals surface area contributed by atoms with Crippen LogP contribution in [0, 0.1) is 41.2 Å². The fraction of sp³-hybridized carbons (Fsp3) is 0.636. The molecule has 0 radical (unpaired) electrons. The molecule has 0 heterocycles. The molecule has 0 spiro atoms. The molecule has 0 amide bonds. The predicted octanol–water partition coefficient (Wildman–Crippen LogP) is 6.46.